The maximum absolute atomic E-state index is 10.7. The molecule has 0 heterocycles. The van der Waals surface area contributed by atoms with Crippen molar-refractivity contribution in [2.75, 3.05) is 0 Å². The number of hydrogen-bond acceptors (Lipinski definition) is 3. The Hall–Kier alpha value is -0.610. The summed E-state index contributed by atoms with van der Waals surface area (Å²) in [5, 5.41) is 18.0. The molecule has 1 saturated carbocycles. The fourth-order valence-electron chi connectivity index (χ4n) is 1.74. The van der Waals surface area contributed by atoms with E-state index in [2.05, 4.69) is 0 Å². The Morgan fingerprint density at radius 3 is 2.43 bits per heavy atom. The maximum Gasteiger partial charge on any atom is 0.332 e. The van der Waals surface area contributed by atoms with Crippen LogP contribution in [0.4, 0.5) is 0 Å². The average Bonchev–Trinajstić information content (AvgIpc) is 2.16. The van der Waals surface area contributed by atoms with Gasteiger partial charge in [-0.1, -0.05) is 6.92 Å². The second kappa shape index (κ2) is 5.32. The van der Waals surface area contributed by atoms with Gasteiger partial charge in [0, 0.05) is 0 Å². The van der Waals surface area contributed by atoms with Gasteiger partial charge in [0.15, 0.2) is 6.10 Å². The van der Waals surface area contributed by atoms with Crippen LogP contribution < -0.4 is 0 Å². The van der Waals surface area contributed by atoms with E-state index in [0.29, 0.717) is 6.42 Å². The fourth-order valence-corrected chi connectivity index (χ4v) is 1.74. The second-order valence-electron chi connectivity index (χ2n) is 3.80. The summed E-state index contributed by atoms with van der Waals surface area (Å²) in [6.07, 6.45) is 2.58. The van der Waals surface area contributed by atoms with Gasteiger partial charge in [0.2, 0.25) is 0 Å². The highest BCUT2D eigenvalue weighted by Crippen LogP contribution is 2.22. The summed E-state index contributed by atoms with van der Waals surface area (Å²) >= 11 is 0. The van der Waals surface area contributed by atoms with Crippen LogP contribution in [0.15, 0.2) is 0 Å². The molecule has 1 fully saturated rings. The minimum Gasteiger partial charge on any atom is -0.479 e. The molecule has 1 rings (SSSR count). The summed E-state index contributed by atoms with van der Waals surface area (Å²) in [6.45, 7) is 1.80. The predicted molar refractivity (Wildman–Crippen MR) is 51.1 cm³/mol. The summed E-state index contributed by atoms with van der Waals surface area (Å²) in [7, 11) is 0. The Bertz CT molecular complexity index is 185. The number of aliphatic carboxylic acids is 1. The summed E-state index contributed by atoms with van der Waals surface area (Å²) in [6, 6.07) is 0. The zero-order valence-electron chi connectivity index (χ0n) is 8.48. The molecule has 0 radical (unpaired) electrons. The molecule has 0 aromatic carbocycles. The monoisotopic (exact) mass is 202 g/mol. The lowest BCUT2D eigenvalue weighted by Crippen LogP contribution is -2.32. The summed E-state index contributed by atoms with van der Waals surface area (Å²) in [5.74, 6) is -0.890. The van der Waals surface area contributed by atoms with Crippen LogP contribution in [0.25, 0.3) is 0 Å². The van der Waals surface area contributed by atoms with Gasteiger partial charge in [-0.15, -0.1) is 0 Å². The SMILES string of the molecule is CCC(OC1CCC(O)CC1)C(=O)O. The predicted octanol–water partition coefficient (Wildman–Crippen LogP) is 1.17. The van der Waals surface area contributed by atoms with Crippen LogP contribution in [0.3, 0.4) is 0 Å². The van der Waals surface area contributed by atoms with Gasteiger partial charge >= 0.3 is 5.97 Å². The third kappa shape index (κ3) is 3.27. The van der Waals surface area contributed by atoms with Gasteiger partial charge in [-0.25, -0.2) is 4.79 Å². The van der Waals surface area contributed by atoms with Crippen LogP contribution in [0.2, 0.25) is 0 Å². The largest absolute Gasteiger partial charge is 0.479 e. The molecular formula is C10H18O4. The first-order chi connectivity index (χ1) is 6.63. The topological polar surface area (TPSA) is 66.8 Å². The van der Waals surface area contributed by atoms with E-state index in [0.717, 1.165) is 25.7 Å². The lowest BCUT2D eigenvalue weighted by atomic mass is 9.95. The lowest BCUT2D eigenvalue weighted by molar-refractivity contribution is -0.156. The number of aliphatic hydroxyl groups excluding tert-OH is 1. The number of carboxylic acid groups (broad SMARTS) is 1. The molecule has 0 bridgehead atoms. The molecule has 0 saturated heterocycles. The highest BCUT2D eigenvalue weighted by atomic mass is 16.5. The molecular weight excluding hydrogens is 184 g/mol. The molecule has 14 heavy (non-hydrogen) atoms. The minimum absolute atomic E-state index is 0.0134. The number of rotatable bonds is 4. The average molecular weight is 202 g/mol. The van der Waals surface area contributed by atoms with E-state index >= 15 is 0 Å². The normalized spacial score (nSPS) is 29.9. The van der Waals surface area contributed by atoms with Crippen molar-refractivity contribution < 1.29 is 19.7 Å². The van der Waals surface area contributed by atoms with Crippen molar-refractivity contribution >= 4 is 5.97 Å². The number of carboxylic acids is 1. The highest BCUT2D eigenvalue weighted by molar-refractivity contribution is 5.72. The third-order valence-corrected chi connectivity index (χ3v) is 2.65. The van der Waals surface area contributed by atoms with Crippen LogP contribution >= 0.6 is 0 Å². The van der Waals surface area contributed by atoms with Crippen LogP contribution in [0, 0.1) is 0 Å². The van der Waals surface area contributed by atoms with E-state index in [1.807, 2.05) is 0 Å². The van der Waals surface area contributed by atoms with E-state index in [4.69, 9.17) is 9.84 Å². The van der Waals surface area contributed by atoms with E-state index in [1.54, 1.807) is 6.92 Å². The van der Waals surface area contributed by atoms with Gasteiger partial charge in [-0.2, -0.15) is 0 Å². The quantitative estimate of drug-likeness (QED) is 0.718. The molecule has 0 amide bonds. The molecule has 0 spiro atoms. The molecule has 0 aromatic heterocycles. The Morgan fingerprint density at radius 1 is 1.43 bits per heavy atom. The third-order valence-electron chi connectivity index (χ3n) is 2.65. The van der Waals surface area contributed by atoms with Crippen molar-refractivity contribution in [1.82, 2.24) is 0 Å². The Morgan fingerprint density at radius 2 is 2.00 bits per heavy atom. The number of aliphatic hydroxyl groups is 1. The highest BCUT2D eigenvalue weighted by Gasteiger charge is 2.25. The second-order valence-corrected chi connectivity index (χ2v) is 3.80. The molecule has 0 aliphatic heterocycles. The van der Waals surface area contributed by atoms with Crippen LogP contribution in [-0.4, -0.2) is 34.5 Å². The van der Waals surface area contributed by atoms with Crippen LogP contribution in [0.1, 0.15) is 39.0 Å². The Labute approximate surface area is 83.9 Å². The van der Waals surface area contributed by atoms with Gasteiger partial charge in [0.05, 0.1) is 12.2 Å². The molecule has 4 heteroatoms. The molecule has 1 aliphatic carbocycles. The molecule has 4 nitrogen and oxygen atoms in total. The summed E-state index contributed by atoms with van der Waals surface area (Å²) in [4.78, 5) is 10.7. The number of ether oxygens (including phenoxy) is 1. The first-order valence-corrected chi connectivity index (χ1v) is 5.19. The number of hydrogen-bond donors (Lipinski definition) is 2. The molecule has 1 atom stereocenters. The Kier molecular flexibility index (Phi) is 4.35. The fraction of sp³-hybridized carbons (Fsp3) is 0.900. The van der Waals surface area contributed by atoms with Crippen LogP contribution in [-0.2, 0) is 9.53 Å². The Balaban J connectivity index is 2.32. The first-order valence-electron chi connectivity index (χ1n) is 5.19. The van der Waals surface area contributed by atoms with E-state index in [1.165, 1.54) is 0 Å². The van der Waals surface area contributed by atoms with Gasteiger partial charge in [-0.05, 0) is 32.1 Å². The molecule has 2 N–H and O–H groups in total. The van der Waals surface area contributed by atoms with Crippen molar-refractivity contribution in [2.24, 2.45) is 0 Å². The van der Waals surface area contributed by atoms with E-state index < -0.39 is 12.1 Å². The van der Waals surface area contributed by atoms with Gasteiger partial charge in [0.25, 0.3) is 0 Å². The van der Waals surface area contributed by atoms with Crippen molar-refractivity contribution in [3.05, 3.63) is 0 Å². The minimum atomic E-state index is -0.890. The molecule has 0 aromatic rings. The maximum atomic E-state index is 10.7. The first kappa shape index (κ1) is 11.5. The van der Waals surface area contributed by atoms with Crippen molar-refractivity contribution in [3.8, 4) is 0 Å². The smallest absolute Gasteiger partial charge is 0.332 e. The molecule has 1 aliphatic rings. The van der Waals surface area contributed by atoms with Crippen molar-refractivity contribution in [1.29, 1.82) is 0 Å². The summed E-state index contributed by atoms with van der Waals surface area (Å²) < 4.78 is 5.44. The van der Waals surface area contributed by atoms with Crippen LogP contribution in [0.5, 0.6) is 0 Å². The standard InChI is InChI=1S/C10H18O4/c1-2-9(10(12)13)14-8-5-3-7(11)4-6-8/h7-9,11H,2-6H2,1H3,(H,12,13). The zero-order valence-corrected chi connectivity index (χ0v) is 8.48. The van der Waals surface area contributed by atoms with Gasteiger partial charge in [0.1, 0.15) is 0 Å². The van der Waals surface area contributed by atoms with E-state index in [-0.39, 0.29) is 12.2 Å². The van der Waals surface area contributed by atoms with Crippen molar-refractivity contribution in [3.63, 3.8) is 0 Å². The molecule has 1 unspecified atom stereocenters. The van der Waals surface area contributed by atoms with Gasteiger partial charge in [-0.3, -0.25) is 0 Å². The zero-order chi connectivity index (χ0) is 10.6. The number of carbonyl (C=O) groups is 1. The summed E-state index contributed by atoms with van der Waals surface area (Å²) in [5.41, 5.74) is 0. The van der Waals surface area contributed by atoms with Crippen molar-refractivity contribution in [2.45, 2.75) is 57.3 Å². The van der Waals surface area contributed by atoms with Gasteiger partial charge < -0.3 is 14.9 Å². The molecule has 82 valence electrons. The lowest BCUT2D eigenvalue weighted by Gasteiger charge is -2.27. The van der Waals surface area contributed by atoms with E-state index in [9.17, 15) is 9.90 Å².